The van der Waals surface area contributed by atoms with Gasteiger partial charge >= 0.3 is 0 Å². The molecule has 1 nitrogen and oxygen atoms in total. The molecule has 0 aliphatic heterocycles. The van der Waals surface area contributed by atoms with Gasteiger partial charge in [0, 0.05) is 0 Å². The van der Waals surface area contributed by atoms with Gasteiger partial charge in [-0.05, 0) is 42.4 Å². The first kappa shape index (κ1) is 9.79. The molecule has 1 rings (SSSR count). The predicted octanol–water partition coefficient (Wildman–Crippen LogP) is 3.13. The van der Waals surface area contributed by atoms with Crippen LogP contribution in [0, 0.1) is 11.8 Å². The Hall–Kier alpha value is -0.300. The van der Waals surface area contributed by atoms with E-state index in [-0.39, 0.29) is 5.24 Å². The highest BCUT2D eigenvalue weighted by Gasteiger charge is 2.21. The molecule has 0 spiro atoms. The van der Waals surface area contributed by atoms with Crippen LogP contribution in [0.3, 0.4) is 0 Å². The van der Waals surface area contributed by atoms with E-state index in [0.717, 1.165) is 0 Å². The zero-order valence-corrected chi connectivity index (χ0v) is 8.40. The molecule has 0 saturated heterocycles. The van der Waals surface area contributed by atoms with Crippen molar-refractivity contribution in [2.45, 2.75) is 33.1 Å². The van der Waals surface area contributed by atoms with Crippen LogP contribution in [-0.2, 0) is 4.79 Å². The van der Waals surface area contributed by atoms with Gasteiger partial charge < -0.3 is 0 Å². The third-order valence-corrected chi connectivity index (χ3v) is 2.80. The van der Waals surface area contributed by atoms with Crippen molar-refractivity contribution in [3.8, 4) is 0 Å². The van der Waals surface area contributed by atoms with Gasteiger partial charge in [0.1, 0.15) is 0 Å². The van der Waals surface area contributed by atoms with Crippen LogP contribution in [0.4, 0.5) is 0 Å². The summed E-state index contributed by atoms with van der Waals surface area (Å²) in [4.78, 5) is 10.7. The minimum Gasteiger partial charge on any atom is -0.276 e. The van der Waals surface area contributed by atoms with Gasteiger partial charge in [-0.1, -0.05) is 25.8 Å². The van der Waals surface area contributed by atoms with Crippen molar-refractivity contribution in [1.29, 1.82) is 0 Å². The average molecular weight is 187 g/mol. The third kappa shape index (κ3) is 2.34. The van der Waals surface area contributed by atoms with Crippen LogP contribution in [0.1, 0.15) is 33.1 Å². The van der Waals surface area contributed by atoms with E-state index in [1.54, 1.807) is 6.08 Å². The van der Waals surface area contributed by atoms with Gasteiger partial charge in [-0.25, -0.2) is 0 Å². The predicted molar refractivity (Wildman–Crippen MR) is 51.1 cm³/mol. The fraction of sp³-hybridized carbons (Fsp3) is 0.700. The maximum atomic E-state index is 10.7. The molecule has 2 atom stereocenters. The number of carbonyl (C=O) groups excluding carboxylic acids is 1. The molecule has 0 N–H and O–H groups in total. The molecule has 68 valence electrons. The fourth-order valence-electron chi connectivity index (χ4n) is 1.96. The van der Waals surface area contributed by atoms with E-state index in [9.17, 15) is 4.79 Å². The van der Waals surface area contributed by atoms with E-state index in [1.165, 1.54) is 24.8 Å². The Kier molecular flexibility index (Phi) is 3.33. The lowest BCUT2D eigenvalue weighted by molar-refractivity contribution is -0.107. The van der Waals surface area contributed by atoms with E-state index >= 15 is 0 Å². The molecule has 0 bridgehead atoms. The van der Waals surface area contributed by atoms with Gasteiger partial charge in [0.2, 0.25) is 5.24 Å². The quantitative estimate of drug-likeness (QED) is 0.454. The molecule has 0 radical (unpaired) electrons. The zero-order chi connectivity index (χ0) is 9.14. The molecule has 0 aromatic carbocycles. The second kappa shape index (κ2) is 4.08. The van der Waals surface area contributed by atoms with Gasteiger partial charge in [0.05, 0.1) is 0 Å². The first-order valence-corrected chi connectivity index (χ1v) is 4.90. The summed E-state index contributed by atoms with van der Waals surface area (Å²) in [5.41, 5.74) is 1.24. The maximum Gasteiger partial charge on any atom is 0.245 e. The monoisotopic (exact) mass is 186 g/mol. The molecule has 0 heterocycles. The summed E-state index contributed by atoms with van der Waals surface area (Å²) in [6.45, 7) is 4.34. The van der Waals surface area contributed by atoms with Gasteiger partial charge in [-0.2, -0.15) is 0 Å². The second-order valence-electron chi connectivity index (χ2n) is 3.68. The average Bonchev–Trinajstić information content (AvgIpc) is 1.97. The van der Waals surface area contributed by atoms with Crippen LogP contribution in [-0.4, -0.2) is 5.24 Å². The van der Waals surface area contributed by atoms with E-state index in [4.69, 9.17) is 11.6 Å². The van der Waals surface area contributed by atoms with E-state index in [1.807, 2.05) is 0 Å². The highest BCUT2D eigenvalue weighted by Crippen LogP contribution is 2.33. The molecule has 0 aromatic heterocycles. The Morgan fingerprint density at radius 2 is 1.92 bits per heavy atom. The van der Waals surface area contributed by atoms with Crippen LogP contribution in [0.2, 0.25) is 0 Å². The molecule has 0 unspecified atom stereocenters. The molecule has 1 aliphatic carbocycles. The topological polar surface area (TPSA) is 17.1 Å². The maximum absolute atomic E-state index is 10.7. The minimum absolute atomic E-state index is 0.328. The molecule has 2 heteroatoms. The van der Waals surface area contributed by atoms with Crippen LogP contribution in [0.25, 0.3) is 0 Å². The number of hydrogen-bond acceptors (Lipinski definition) is 1. The molecule has 1 aliphatic rings. The molecule has 12 heavy (non-hydrogen) atoms. The van der Waals surface area contributed by atoms with Gasteiger partial charge in [0.25, 0.3) is 0 Å². The van der Waals surface area contributed by atoms with Gasteiger partial charge in [-0.15, -0.1) is 0 Å². The van der Waals surface area contributed by atoms with Gasteiger partial charge in [-0.3, -0.25) is 4.79 Å². The highest BCUT2D eigenvalue weighted by atomic mass is 35.5. The lowest BCUT2D eigenvalue weighted by atomic mass is 9.78. The SMILES string of the molecule is C[C@@H]1CCC[C@@H](C)C1=CC(=O)Cl. The normalized spacial score (nSPS) is 30.1. The molecular weight excluding hydrogens is 172 g/mol. The van der Waals surface area contributed by atoms with E-state index in [0.29, 0.717) is 11.8 Å². The molecule has 1 fully saturated rings. The van der Waals surface area contributed by atoms with Crippen molar-refractivity contribution in [2.24, 2.45) is 11.8 Å². The van der Waals surface area contributed by atoms with Gasteiger partial charge in [0.15, 0.2) is 0 Å². The first-order chi connectivity index (χ1) is 5.61. The first-order valence-electron chi connectivity index (χ1n) is 4.52. The lowest BCUT2D eigenvalue weighted by Gasteiger charge is -2.27. The van der Waals surface area contributed by atoms with E-state index < -0.39 is 0 Å². The summed E-state index contributed by atoms with van der Waals surface area (Å²) in [6, 6.07) is 0. The second-order valence-corrected chi connectivity index (χ2v) is 4.05. The number of hydrogen-bond donors (Lipinski definition) is 0. The molecular formula is C10H15ClO. The molecule has 0 aromatic rings. The molecule has 0 amide bonds. The summed E-state index contributed by atoms with van der Waals surface area (Å²) in [6.07, 6.45) is 5.27. The van der Waals surface area contributed by atoms with Crippen LogP contribution in [0.15, 0.2) is 11.6 Å². The Morgan fingerprint density at radius 1 is 1.42 bits per heavy atom. The van der Waals surface area contributed by atoms with Crippen molar-refractivity contribution < 1.29 is 4.79 Å². The lowest BCUT2D eigenvalue weighted by Crippen LogP contribution is -2.15. The summed E-state index contributed by atoms with van der Waals surface area (Å²) in [7, 11) is 0. The van der Waals surface area contributed by atoms with Crippen molar-refractivity contribution in [2.75, 3.05) is 0 Å². The number of rotatable bonds is 1. The Balaban J connectivity index is 2.75. The molecule has 1 saturated carbocycles. The van der Waals surface area contributed by atoms with Crippen molar-refractivity contribution in [3.05, 3.63) is 11.6 Å². The Labute approximate surface area is 78.8 Å². The summed E-state index contributed by atoms with van der Waals surface area (Å²) >= 11 is 5.33. The minimum atomic E-state index is -0.328. The van der Waals surface area contributed by atoms with Crippen molar-refractivity contribution >= 4 is 16.8 Å². The van der Waals surface area contributed by atoms with Crippen LogP contribution >= 0.6 is 11.6 Å². The summed E-state index contributed by atoms with van der Waals surface area (Å²) in [5.74, 6) is 1.08. The van der Waals surface area contributed by atoms with Crippen molar-refractivity contribution in [1.82, 2.24) is 0 Å². The number of allylic oxidation sites excluding steroid dienone is 2. The Bertz CT molecular complexity index is 196. The number of halogens is 1. The van der Waals surface area contributed by atoms with E-state index in [2.05, 4.69) is 13.8 Å². The Morgan fingerprint density at radius 3 is 2.33 bits per heavy atom. The smallest absolute Gasteiger partial charge is 0.245 e. The third-order valence-electron chi connectivity index (χ3n) is 2.69. The highest BCUT2D eigenvalue weighted by molar-refractivity contribution is 6.66. The summed E-state index contributed by atoms with van der Waals surface area (Å²) in [5, 5.41) is -0.328. The summed E-state index contributed by atoms with van der Waals surface area (Å²) < 4.78 is 0. The largest absolute Gasteiger partial charge is 0.276 e. The number of carbonyl (C=O) groups is 1. The van der Waals surface area contributed by atoms with Crippen LogP contribution in [0.5, 0.6) is 0 Å². The zero-order valence-electron chi connectivity index (χ0n) is 7.64. The van der Waals surface area contributed by atoms with Crippen LogP contribution < -0.4 is 0 Å². The fourth-order valence-corrected chi connectivity index (χ4v) is 2.09. The van der Waals surface area contributed by atoms with Crippen molar-refractivity contribution in [3.63, 3.8) is 0 Å². The standard InChI is InChI=1S/C10H15ClO/c1-7-4-3-5-8(2)9(7)6-10(11)12/h6-8H,3-5H2,1-2H3/t7-,8-/m1/s1.